The summed E-state index contributed by atoms with van der Waals surface area (Å²) in [5.74, 6) is 0.824. The Morgan fingerprint density at radius 1 is 1.21 bits per heavy atom. The van der Waals surface area contributed by atoms with Crippen LogP contribution in [0.2, 0.25) is 0 Å². The standard InChI is InChI=1S/C11H19N3/c12-5-8-14(11-1-2-11)9-10-3-6-13-7-4-10/h10-11,13H,1-4,6-9H2. The molecule has 0 amide bonds. The van der Waals surface area contributed by atoms with Gasteiger partial charge >= 0.3 is 0 Å². The monoisotopic (exact) mass is 193 g/mol. The van der Waals surface area contributed by atoms with Crippen molar-refractivity contribution in [3.05, 3.63) is 0 Å². The molecule has 0 aromatic heterocycles. The zero-order valence-corrected chi connectivity index (χ0v) is 8.71. The maximum atomic E-state index is 8.74. The molecule has 1 aliphatic carbocycles. The molecule has 0 bridgehead atoms. The molecule has 3 nitrogen and oxygen atoms in total. The van der Waals surface area contributed by atoms with Crippen LogP contribution in [0.5, 0.6) is 0 Å². The van der Waals surface area contributed by atoms with Crippen LogP contribution in [0.25, 0.3) is 0 Å². The largest absolute Gasteiger partial charge is 0.317 e. The van der Waals surface area contributed by atoms with Gasteiger partial charge in [0.05, 0.1) is 12.6 Å². The summed E-state index contributed by atoms with van der Waals surface area (Å²) in [6.07, 6.45) is 5.20. The third kappa shape index (κ3) is 2.70. The van der Waals surface area contributed by atoms with Crippen LogP contribution in [0.3, 0.4) is 0 Å². The van der Waals surface area contributed by atoms with Gasteiger partial charge in [-0.25, -0.2) is 0 Å². The molecule has 1 N–H and O–H groups in total. The van der Waals surface area contributed by atoms with E-state index in [-0.39, 0.29) is 0 Å². The minimum Gasteiger partial charge on any atom is -0.317 e. The fourth-order valence-corrected chi connectivity index (χ4v) is 2.27. The van der Waals surface area contributed by atoms with Crippen LogP contribution in [-0.2, 0) is 0 Å². The molecule has 1 heterocycles. The predicted octanol–water partition coefficient (Wildman–Crippen LogP) is 0.974. The quantitative estimate of drug-likeness (QED) is 0.676. The number of hydrogen-bond donors (Lipinski definition) is 1. The number of hydrogen-bond acceptors (Lipinski definition) is 3. The van der Waals surface area contributed by atoms with E-state index in [9.17, 15) is 0 Å². The Morgan fingerprint density at radius 3 is 2.50 bits per heavy atom. The van der Waals surface area contributed by atoms with Crippen molar-refractivity contribution < 1.29 is 0 Å². The molecule has 3 heteroatoms. The van der Waals surface area contributed by atoms with Gasteiger partial charge in [0.1, 0.15) is 0 Å². The van der Waals surface area contributed by atoms with Crippen molar-refractivity contribution in [3.8, 4) is 6.07 Å². The SMILES string of the molecule is N#CCN(CC1CCNCC1)C1CC1. The first-order valence-corrected chi connectivity index (χ1v) is 5.72. The number of rotatable bonds is 4. The molecular formula is C11H19N3. The summed E-state index contributed by atoms with van der Waals surface area (Å²) in [6.45, 7) is 4.11. The van der Waals surface area contributed by atoms with E-state index >= 15 is 0 Å². The van der Waals surface area contributed by atoms with Crippen LogP contribution >= 0.6 is 0 Å². The van der Waals surface area contributed by atoms with E-state index in [1.165, 1.54) is 25.7 Å². The Hall–Kier alpha value is -0.590. The highest BCUT2D eigenvalue weighted by molar-refractivity contribution is 4.91. The number of nitrogens with zero attached hydrogens (tertiary/aromatic N) is 2. The molecule has 2 fully saturated rings. The Labute approximate surface area is 86.1 Å². The smallest absolute Gasteiger partial charge is 0.0868 e. The molecule has 1 saturated heterocycles. The molecule has 2 aliphatic rings. The molecule has 78 valence electrons. The summed E-state index contributed by atoms with van der Waals surface area (Å²) >= 11 is 0. The van der Waals surface area contributed by atoms with Gasteiger partial charge in [0.2, 0.25) is 0 Å². The van der Waals surface area contributed by atoms with Crippen LogP contribution in [-0.4, -0.2) is 37.1 Å². The molecule has 0 unspecified atom stereocenters. The maximum absolute atomic E-state index is 8.74. The highest BCUT2D eigenvalue weighted by atomic mass is 15.2. The van der Waals surface area contributed by atoms with Crippen LogP contribution in [0.4, 0.5) is 0 Å². The summed E-state index contributed by atoms with van der Waals surface area (Å²) in [5.41, 5.74) is 0. The predicted molar refractivity (Wildman–Crippen MR) is 55.8 cm³/mol. The molecule has 14 heavy (non-hydrogen) atoms. The Balaban J connectivity index is 1.77. The van der Waals surface area contributed by atoms with Gasteiger partial charge in [0.25, 0.3) is 0 Å². The summed E-state index contributed by atoms with van der Waals surface area (Å²) in [5, 5.41) is 12.1. The first-order chi connectivity index (χ1) is 6.90. The van der Waals surface area contributed by atoms with Gasteiger partial charge in [-0.2, -0.15) is 5.26 Å². The van der Waals surface area contributed by atoms with Crippen molar-refractivity contribution >= 4 is 0 Å². The van der Waals surface area contributed by atoms with Crippen molar-refractivity contribution in [1.29, 1.82) is 5.26 Å². The first kappa shape index (κ1) is 9.95. The van der Waals surface area contributed by atoms with Crippen molar-refractivity contribution in [1.82, 2.24) is 10.2 Å². The molecule has 0 atom stereocenters. The van der Waals surface area contributed by atoms with E-state index in [2.05, 4.69) is 16.3 Å². The highest BCUT2D eigenvalue weighted by Gasteiger charge is 2.30. The van der Waals surface area contributed by atoms with Gasteiger partial charge in [-0.3, -0.25) is 4.90 Å². The van der Waals surface area contributed by atoms with Crippen LogP contribution in [0.15, 0.2) is 0 Å². The van der Waals surface area contributed by atoms with Gasteiger partial charge in [-0.05, 0) is 44.7 Å². The molecule has 1 aliphatic heterocycles. The molecule has 2 rings (SSSR count). The first-order valence-electron chi connectivity index (χ1n) is 5.72. The van der Waals surface area contributed by atoms with Crippen LogP contribution in [0.1, 0.15) is 25.7 Å². The lowest BCUT2D eigenvalue weighted by atomic mass is 9.97. The van der Waals surface area contributed by atoms with Crippen LogP contribution in [0, 0.1) is 17.2 Å². The molecule has 0 aromatic rings. The second kappa shape index (κ2) is 4.77. The van der Waals surface area contributed by atoms with E-state index in [1.807, 2.05) is 0 Å². The second-order valence-electron chi connectivity index (χ2n) is 4.51. The van der Waals surface area contributed by atoms with Gasteiger partial charge in [-0.1, -0.05) is 0 Å². The third-order valence-corrected chi connectivity index (χ3v) is 3.29. The average molecular weight is 193 g/mol. The summed E-state index contributed by atoms with van der Waals surface area (Å²) < 4.78 is 0. The summed E-state index contributed by atoms with van der Waals surface area (Å²) in [4.78, 5) is 2.38. The number of nitrogens with one attached hydrogen (secondary N) is 1. The summed E-state index contributed by atoms with van der Waals surface area (Å²) in [7, 11) is 0. The van der Waals surface area contributed by atoms with E-state index in [0.29, 0.717) is 6.54 Å². The van der Waals surface area contributed by atoms with Gasteiger partial charge in [0, 0.05) is 12.6 Å². The maximum Gasteiger partial charge on any atom is 0.0868 e. The zero-order valence-electron chi connectivity index (χ0n) is 8.71. The van der Waals surface area contributed by atoms with E-state index in [1.54, 1.807) is 0 Å². The Bertz CT molecular complexity index is 211. The third-order valence-electron chi connectivity index (χ3n) is 3.29. The minimum absolute atomic E-state index is 0.634. The average Bonchev–Trinajstić information content (AvgIpc) is 3.02. The molecule has 1 saturated carbocycles. The van der Waals surface area contributed by atoms with Crippen molar-refractivity contribution in [3.63, 3.8) is 0 Å². The molecular weight excluding hydrogens is 174 g/mol. The van der Waals surface area contributed by atoms with Gasteiger partial charge in [-0.15, -0.1) is 0 Å². The van der Waals surface area contributed by atoms with Gasteiger partial charge in [0.15, 0.2) is 0 Å². The fraction of sp³-hybridized carbons (Fsp3) is 0.909. The lowest BCUT2D eigenvalue weighted by molar-refractivity contribution is 0.216. The second-order valence-corrected chi connectivity index (χ2v) is 4.51. The van der Waals surface area contributed by atoms with Crippen molar-refractivity contribution in [2.75, 3.05) is 26.2 Å². The fourth-order valence-electron chi connectivity index (χ4n) is 2.27. The lowest BCUT2D eigenvalue weighted by Crippen LogP contribution is -2.37. The van der Waals surface area contributed by atoms with E-state index < -0.39 is 0 Å². The van der Waals surface area contributed by atoms with Gasteiger partial charge < -0.3 is 5.32 Å². The van der Waals surface area contributed by atoms with Crippen molar-refractivity contribution in [2.45, 2.75) is 31.7 Å². The minimum atomic E-state index is 0.634. The highest BCUT2D eigenvalue weighted by Crippen LogP contribution is 2.28. The number of piperidine rings is 1. The van der Waals surface area contributed by atoms with E-state index in [4.69, 9.17) is 5.26 Å². The molecule has 0 spiro atoms. The number of nitriles is 1. The van der Waals surface area contributed by atoms with Crippen molar-refractivity contribution in [2.24, 2.45) is 5.92 Å². The normalized spacial score (nSPS) is 23.7. The zero-order chi connectivity index (χ0) is 9.80. The molecule has 0 aromatic carbocycles. The van der Waals surface area contributed by atoms with E-state index in [0.717, 1.165) is 31.6 Å². The lowest BCUT2D eigenvalue weighted by Gasteiger charge is -2.28. The molecule has 0 radical (unpaired) electrons. The van der Waals surface area contributed by atoms with Crippen LogP contribution < -0.4 is 5.32 Å². The Kier molecular flexibility index (Phi) is 3.39. The topological polar surface area (TPSA) is 39.1 Å². The summed E-state index contributed by atoms with van der Waals surface area (Å²) in [6, 6.07) is 3.03. The Morgan fingerprint density at radius 2 is 1.93 bits per heavy atom.